The first-order valence-electron chi connectivity index (χ1n) is 7.64. The lowest BCUT2D eigenvalue weighted by Gasteiger charge is -2.19. The predicted octanol–water partition coefficient (Wildman–Crippen LogP) is 2.26. The van der Waals surface area contributed by atoms with Crippen LogP contribution in [0, 0.1) is 5.82 Å². The summed E-state index contributed by atoms with van der Waals surface area (Å²) < 4.78 is 41.5. The van der Waals surface area contributed by atoms with E-state index in [1.165, 1.54) is 55.6 Å². The van der Waals surface area contributed by atoms with Crippen molar-refractivity contribution in [3.05, 3.63) is 65.5 Å². The molecule has 0 aliphatic carbocycles. The highest BCUT2D eigenvalue weighted by molar-refractivity contribution is 7.90. The number of carbonyl (C=O) groups is 2. The summed E-state index contributed by atoms with van der Waals surface area (Å²) in [4.78, 5) is 24.2. The Morgan fingerprint density at radius 2 is 1.73 bits per heavy atom. The number of carbonyl (C=O) groups excluding carboxylic acids is 2. The minimum absolute atomic E-state index is 0.0352. The fourth-order valence-electron chi connectivity index (χ4n) is 2.41. The van der Waals surface area contributed by atoms with E-state index in [1.54, 1.807) is 0 Å². The van der Waals surface area contributed by atoms with E-state index in [-0.39, 0.29) is 16.9 Å². The van der Waals surface area contributed by atoms with Crippen LogP contribution in [0.5, 0.6) is 0 Å². The number of esters is 1. The maximum absolute atomic E-state index is 13.1. The molecule has 0 saturated heterocycles. The fourth-order valence-corrected chi connectivity index (χ4v) is 3.30. The highest BCUT2D eigenvalue weighted by Gasteiger charge is 2.23. The van der Waals surface area contributed by atoms with Gasteiger partial charge in [-0.3, -0.25) is 9.59 Å². The highest BCUT2D eigenvalue weighted by Crippen LogP contribution is 2.21. The molecule has 138 valence electrons. The highest BCUT2D eigenvalue weighted by atomic mass is 32.2. The monoisotopic (exact) mass is 379 g/mol. The zero-order chi connectivity index (χ0) is 19.3. The molecule has 0 bridgehead atoms. The van der Waals surface area contributed by atoms with Crippen LogP contribution in [0.3, 0.4) is 0 Å². The number of nitrogens with one attached hydrogen (secondary N) is 1. The molecule has 1 atom stereocenters. The van der Waals surface area contributed by atoms with Gasteiger partial charge in [0.15, 0.2) is 9.84 Å². The van der Waals surface area contributed by atoms with Crippen molar-refractivity contribution in [3.8, 4) is 0 Å². The molecule has 2 aromatic carbocycles. The van der Waals surface area contributed by atoms with E-state index in [1.807, 2.05) is 0 Å². The van der Waals surface area contributed by atoms with E-state index < -0.39 is 33.6 Å². The number of hydrogen-bond donors (Lipinski definition) is 1. The summed E-state index contributed by atoms with van der Waals surface area (Å²) in [5, 5.41) is 2.62. The van der Waals surface area contributed by atoms with Gasteiger partial charge in [-0.1, -0.05) is 24.3 Å². The third-order valence-corrected chi connectivity index (χ3v) is 4.86. The van der Waals surface area contributed by atoms with Gasteiger partial charge in [0.05, 0.1) is 30.0 Å². The first kappa shape index (κ1) is 19.6. The zero-order valence-corrected chi connectivity index (χ0v) is 15.0. The summed E-state index contributed by atoms with van der Waals surface area (Å²) in [5.41, 5.74) is 0.453. The molecular weight excluding hydrogens is 361 g/mol. The molecule has 0 radical (unpaired) electrons. The first-order valence-corrected chi connectivity index (χ1v) is 9.53. The van der Waals surface area contributed by atoms with Crippen LogP contribution >= 0.6 is 0 Å². The van der Waals surface area contributed by atoms with Gasteiger partial charge in [-0.15, -0.1) is 0 Å². The lowest BCUT2D eigenvalue weighted by Crippen LogP contribution is -2.31. The second-order valence-corrected chi connectivity index (χ2v) is 7.61. The Morgan fingerprint density at radius 1 is 1.12 bits per heavy atom. The summed E-state index contributed by atoms with van der Waals surface area (Å²) in [5.74, 6) is -1.69. The molecule has 26 heavy (non-hydrogen) atoms. The van der Waals surface area contributed by atoms with Crippen LogP contribution in [0.2, 0.25) is 0 Å². The Labute approximate surface area is 150 Å². The summed E-state index contributed by atoms with van der Waals surface area (Å²) >= 11 is 0. The number of amides is 1. The number of methoxy groups -OCH3 is 1. The molecular formula is C18H18FNO5S. The van der Waals surface area contributed by atoms with Gasteiger partial charge in [0, 0.05) is 6.26 Å². The fraction of sp³-hybridized carbons (Fsp3) is 0.222. The zero-order valence-electron chi connectivity index (χ0n) is 14.2. The van der Waals surface area contributed by atoms with Gasteiger partial charge in [0.1, 0.15) is 5.82 Å². The smallest absolute Gasteiger partial charge is 0.307 e. The Bertz CT molecular complexity index is 909. The predicted molar refractivity (Wildman–Crippen MR) is 92.8 cm³/mol. The van der Waals surface area contributed by atoms with Crippen molar-refractivity contribution in [1.82, 2.24) is 5.32 Å². The molecule has 6 nitrogen and oxygen atoms in total. The Kier molecular flexibility index (Phi) is 6.10. The number of hydrogen-bond acceptors (Lipinski definition) is 5. The van der Waals surface area contributed by atoms with Crippen molar-refractivity contribution >= 4 is 21.7 Å². The van der Waals surface area contributed by atoms with Gasteiger partial charge in [-0.05, 0) is 29.8 Å². The summed E-state index contributed by atoms with van der Waals surface area (Å²) in [7, 11) is -2.40. The van der Waals surface area contributed by atoms with Gasteiger partial charge in [-0.25, -0.2) is 12.8 Å². The average molecular weight is 379 g/mol. The third-order valence-electron chi connectivity index (χ3n) is 3.71. The second-order valence-electron chi connectivity index (χ2n) is 5.63. The largest absolute Gasteiger partial charge is 0.469 e. The maximum atomic E-state index is 13.1. The summed E-state index contributed by atoms with van der Waals surface area (Å²) in [6.07, 6.45) is 0.819. The van der Waals surface area contributed by atoms with Crippen LogP contribution < -0.4 is 5.32 Å². The van der Waals surface area contributed by atoms with Crippen LogP contribution in [0.4, 0.5) is 4.39 Å². The van der Waals surface area contributed by atoms with Gasteiger partial charge in [-0.2, -0.15) is 0 Å². The summed E-state index contributed by atoms with van der Waals surface area (Å²) in [6, 6.07) is 10.2. The van der Waals surface area contributed by atoms with E-state index in [9.17, 15) is 22.4 Å². The molecule has 0 aliphatic heterocycles. The Hall–Kier alpha value is -2.74. The van der Waals surface area contributed by atoms with Crippen molar-refractivity contribution in [2.75, 3.05) is 13.4 Å². The van der Waals surface area contributed by atoms with E-state index >= 15 is 0 Å². The first-order chi connectivity index (χ1) is 12.2. The van der Waals surface area contributed by atoms with E-state index in [4.69, 9.17) is 0 Å². The number of halogens is 1. The van der Waals surface area contributed by atoms with Crippen molar-refractivity contribution in [2.24, 2.45) is 0 Å². The van der Waals surface area contributed by atoms with Gasteiger partial charge in [0.25, 0.3) is 5.91 Å². The molecule has 0 fully saturated rings. The number of benzene rings is 2. The SMILES string of the molecule is COC(=O)CC(NC(=O)c1ccccc1S(C)(=O)=O)c1ccc(F)cc1. The Balaban J connectivity index is 2.35. The molecule has 1 N–H and O–H groups in total. The molecule has 8 heteroatoms. The standard InChI is InChI=1S/C18H18FNO5S/c1-25-17(21)11-15(12-7-9-13(19)10-8-12)20-18(22)14-5-3-4-6-16(14)26(2,23)24/h3-10,15H,11H2,1-2H3,(H,20,22). The van der Waals surface area contributed by atoms with Crippen molar-refractivity contribution in [2.45, 2.75) is 17.4 Å². The van der Waals surface area contributed by atoms with E-state index in [2.05, 4.69) is 10.1 Å². The molecule has 2 aromatic rings. The Morgan fingerprint density at radius 3 is 2.31 bits per heavy atom. The van der Waals surface area contributed by atoms with Crippen molar-refractivity contribution < 1.29 is 27.1 Å². The lowest BCUT2D eigenvalue weighted by molar-refractivity contribution is -0.141. The van der Waals surface area contributed by atoms with Gasteiger partial charge < -0.3 is 10.1 Å². The number of ether oxygens (including phenoxy) is 1. The normalized spacial score (nSPS) is 12.3. The minimum atomic E-state index is -3.61. The topological polar surface area (TPSA) is 89.5 Å². The summed E-state index contributed by atoms with van der Waals surface area (Å²) in [6.45, 7) is 0. The van der Waals surface area contributed by atoms with E-state index in [0.29, 0.717) is 5.56 Å². The van der Waals surface area contributed by atoms with Gasteiger partial charge >= 0.3 is 5.97 Å². The van der Waals surface area contributed by atoms with Crippen molar-refractivity contribution in [1.29, 1.82) is 0 Å². The van der Waals surface area contributed by atoms with Crippen LogP contribution in [-0.4, -0.2) is 33.7 Å². The molecule has 1 amide bonds. The molecule has 0 aliphatic rings. The second kappa shape index (κ2) is 8.09. The molecule has 0 saturated carbocycles. The van der Waals surface area contributed by atoms with Crippen LogP contribution in [0.25, 0.3) is 0 Å². The average Bonchev–Trinajstić information content (AvgIpc) is 2.61. The molecule has 1 unspecified atom stereocenters. The maximum Gasteiger partial charge on any atom is 0.307 e. The molecule has 2 rings (SSSR count). The van der Waals surface area contributed by atoms with Crippen molar-refractivity contribution in [3.63, 3.8) is 0 Å². The van der Waals surface area contributed by atoms with Crippen LogP contribution in [-0.2, 0) is 19.4 Å². The molecule has 0 aromatic heterocycles. The molecule has 0 heterocycles. The van der Waals surface area contributed by atoms with Crippen LogP contribution in [0.15, 0.2) is 53.4 Å². The minimum Gasteiger partial charge on any atom is -0.469 e. The quantitative estimate of drug-likeness (QED) is 0.778. The third kappa shape index (κ3) is 4.89. The lowest BCUT2D eigenvalue weighted by atomic mass is 10.0. The number of sulfone groups is 1. The van der Waals surface area contributed by atoms with Crippen LogP contribution in [0.1, 0.15) is 28.4 Å². The number of rotatable bonds is 6. The molecule has 0 spiro atoms. The van der Waals surface area contributed by atoms with E-state index in [0.717, 1.165) is 6.26 Å². The van der Waals surface area contributed by atoms with Gasteiger partial charge in [0.2, 0.25) is 0 Å².